The van der Waals surface area contributed by atoms with Crippen LogP contribution in [0.15, 0.2) is 72.8 Å². The van der Waals surface area contributed by atoms with Crippen LogP contribution >= 0.6 is 7.60 Å². The lowest BCUT2D eigenvalue weighted by Crippen LogP contribution is -2.52. The summed E-state index contributed by atoms with van der Waals surface area (Å²) >= 11 is 0. The largest absolute Gasteiger partial charge is 0.507 e. The predicted octanol–water partition coefficient (Wildman–Crippen LogP) is 7.69. The number of ketones is 3. The molecule has 10 unspecified atom stereocenters. The Morgan fingerprint density at radius 1 is 0.675 bits per heavy atom. The molecule has 34 heteroatoms. The van der Waals surface area contributed by atoms with Crippen molar-refractivity contribution >= 4 is 48.6 Å². The minimum Gasteiger partial charge on any atom is -0.507 e. The number of amides is 4. The average molecular weight is 1700 g/mol. The zero-order valence-electron chi connectivity index (χ0n) is 68.6. The van der Waals surface area contributed by atoms with Gasteiger partial charge in [0, 0.05) is 54.7 Å². The molecule has 0 radical (unpaired) electrons. The van der Waals surface area contributed by atoms with Crippen LogP contribution in [-0.4, -0.2) is 194 Å². The molecule has 7 heterocycles. The molecule has 120 heavy (non-hydrogen) atoms. The Bertz CT molecular complexity index is 4620. The second kappa shape index (κ2) is 39.1. The first-order valence-corrected chi connectivity index (χ1v) is 43.2. The summed E-state index contributed by atoms with van der Waals surface area (Å²) in [6, 6.07) is 5.91. The van der Waals surface area contributed by atoms with Crippen molar-refractivity contribution in [1.82, 2.24) is 31.9 Å². The van der Waals surface area contributed by atoms with Gasteiger partial charge in [-0.25, -0.2) is 0 Å². The van der Waals surface area contributed by atoms with Crippen LogP contribution < -0.4 is 46.1 Å². The average Bonchev–Trinajstić information content (AvgIpc) is 1.52. The van der Waals surface area contributed by atoms with Gasteiger partial charge >= 0.3 is 7.60 Å². The molecule has 7 aliphatic heterocycles. The molecule has 33 nitrogen and oxygen atoms in total. The van der Waals surface area contributed by atoms with E-state index in [1.807, 2.05) is 20.8 Å². The van der Waals surface area contributed by atoms with Crippen LogP contribution in [-0.2, 0) is 58.9 Å². The summed E-state index contributed by atoms with van der Waals surface area (Å²) in [6.07, 6.45) is -7.00. The zero-order valence-corrected chi connectivity index (χ0v) is 69.5. The van der Waals surface area contributed by atoms with Gasteiger partial charge in [-0.05, 0) is 154 Å². The first-order chi connectivity index (χ1) is 56.9. The highest BCUT2D eigenvalue weighted by molar-refractivity contribution is 7.51. The molecule has 1 saturated carbocycles. The van der Waals surface area contributed by atoms with E-state index in [1.165, 1.54) is 63.3 Å². The summed E-state index contributed by atoms with van der Waals surface area (Å²) in [5.74, 6) is -21.9. The normalized spacial score (nSPS) is 28.5. The fourth-order valence-corrected chi connectivity index (χ4v) is 17.6. The third kappa shape index (κ3) is 20.9. The fourth-order valence-electron chi connectivity index (χ4n) is 17.2. The molecule has 19 atom stereocenters. The molecular weight excluding hydrogens is 1580 g/mol. The van der Waals surface area contributed by atoms with Crippen LogP contribution in [0.25, 0.3) is 11.1 Å². The molecule has 0 aromatic heterocycles. The first-order valence-electron chi connectivity index (χ1n) is 41.4. The zero-order chi connectivity index (χ0) is 87.1. The third-order valence-corrected chi connectivity index (χ3v) is 24.5. The van der Waals surface area contributed by atoms with Crippen molar-refractivity contribution in [3.63, 3.8) is 0 Å². The standard InChI is InChI=1S/C86H115N6O27P/c1-9-11-12-13-14-15-16-17-26-87-27-18-25-85(8)38-67(114-45(7)79(85)106)118-86(69-77(105)76(104)66(40-93)117-80(69)86)119-78-64-34-50-35-65(78)116-63-24-21-49(32-59(63)98)74(102)72-84(110)89-44(6)52-36-57(96)55(39-88-41-120(111,112)113)75(103)68(52)54-30-47(19-22-56(54)95)53(83(109)92-72)37-61(100)70(50)90-82(108)51(29-43(5)94)33-60(99)71(91-81(107)46(10-2)28-42(3)4)73(101)48-20-23-62(115-64)58(97)31-48/h19-24,30-32,34-36,42,44-46,51,53,66-67,69-74,76-77,79-80,87-88,93,95-98,101-106H,9-18,25-29,33,37-41H2,1-8H3,(H,89,110)(H,90,108)(H,91,107)(H,92,109)(H2,111,112,113)/t44-,45?,46-,51-,53-,66?,67?,69?,70-,71+,72+,73-,74-,76?,77?,79?,80?,85?,86?/m1/s1. The maximum atomic E-state index is 16.6. The number of ether oxygens (including phenoxy) is 6. The van der Waals surface area contributed by atoms with Crippen LogP contribution in [0, 0.1) is 29.1 Å². The van der Waals surface area contributed by atoms with E-state index in [9.17, 15) is 80.1 Å². The van der Waals surface area contributed by atoms with Gasteiger partial charge in [0.15, 0.2) is 52.4 Å². The lowest BCUT2D eigenvalue weighted by atomic mass is 9.73. The van der Waals surface area contributed by atoms with E-state index in [4.69, 9.17) is 28.4 Å². The van der Waals surface area contributed by atoms with Crippen molar-refractivity contribution in [2.24, 2.45) is 29.1 Å². The Kier molecular flexibility index (Phi) is 29.9. The number of aliphatic hydroxyl groups excluding tert-OH is 6. The highest BCUT2D eigenvalue weighted by Gasteiger charge is 2.79. The first kappa shape index (κ1) is 91.8. The van der Waals surface area contributed by atoms with E-state index in [0.29, 0.717) is 25.8 Å². The molecule has 0 spiro atoms. The molecule has 3 fully saturated rings. The Labute approximate surface area is 695 Å². The minimum absolute atomic E-state index is 0.0260. The molecule has 19 N–H and O–H groups in total. The van der Waals surface area contributed by atoms with Crippen LogP contribution in [0.5, 0.6) is 57.5 Å². The predicted molar refractivity (Wildman–Crippen MR) is 432 cm³/mol. The summed E-state index contributed by atoms with van der Waals surface area (Å²) in [5.41, 5.74) is -3.12. The minimum atomic E-state index is -4.75. The number of hydrogen-bond acceptors (Lipinski definition) is 27. The van der Waals surface area contributed by atoms with Gasteiger partial charge in [0.1, 0.15) is 71.7 Å². The highest BCUT2D eigenvalue weighted by atomic mass is 31.2. The number of aromatic hydroxyl groups is 5. The van der Waals surface area contributed by atoms with Crippen molar-refractivity contribution in [1.29, 1.82) is 0 Å². The summed E-state index contributed by atoms with van der Waals surface area (Å²) in [4.78, 5) is 126. The van der Waals surface area contributed by atoms with Gasteiger partial charge in [-0.15, -0.1) is 0 Å². The van der Waals surface area contributed by atoms with Gasteiger partial charge in [0.05, 0.1) is 60.6 Å². The number of carbonyl (C=O) groups excluding carboxylic acids is 7. The van der Waals surface area contributed by atoms with E-state index in [2.05, 4.69) is 38.8 Å². The lowest BCUT2D eigenvalue weighted by Gasteiger charge is -2.46. The number of carbonyl (C=O) groups is 7. The molecule has 4 amide bonds. The van der Waals surface area contributed by atoms with Crippen molar-refractivity contribution in [2.75, 3.05) is 26.0 Å². The molecule has 5 aromatic rings. The number of nitrogens with one attached hydrogen (secondary N) is 6. The van der Waals surface area contributed by atoms with E-state index >= 15 is 24.0 Å². The Balaban J connectivity index is 1.11. The van der Waals surface area contributed by atoms with Crippen LogP contribution in [0.3, 0.4) is 0 Å². The van der Waals surface area contributed by atoms with Gasteiger partial charge in [-0.1, -0.05) is 97.8 Å². The van der Waals surface area contributed by atoms with E-state index < -0.39 is 264 Å². The second-order valence-corrected chi connectivity index (χ2v) is 35.3. The number of phenols is 5. The van der Waals surface area contributed by atoms with Crippen molar-refractivity contribution in [2.45, 2.75) is 256 Å². The third-order valence-electron chi connectivity index (χ3n) is 23.9. The molecular formula is C86H115N6O27P. The van der Waals surface area contributed by atoms with E-state index in [-0.39, 0.29) is 57.7 Å². The maximum absolute atomic E-state index is 16.6. The summed E-state index contributed by atoms with van der Waals surface area (Å²) in [6.45, 7) is 13.7. The smallest absolute Gasteiger partial charge is 0.339 e. The number of fused-ring (bicyclic) bond motifs is 16. The second-order valence-electron chi connectivity index (χ2n) is 33.6. The Hall–Kier alpha value is -8.90. The van der Waals surface area contributed by atoms with Gasteiger partial charge < -0.3 is 131 Å². The molecule has 8 aliphatic rings. The molecule has 13 rings (SSSR count). The number of unbranched alkanes of at least 4 members (excludes halogenated alkanes) is 7. The SMILES string of the molecule is CCCCCCCCCCNCCCC1(C)CC(OC2(Oc3c4cc5cc3Oc3ccc(cc3O)[C@@H](O)[C@@H](NC(=O)[C@H](CC)CC(C)C)C(=O)C[C@@H](CC(C)=O)C(=O)N[C@H]5C(=O)C[C@H]3C(=O)N[C@H](C(=O)N[C@H](C)c5cc(O)c(CNCP(=O)(O)O)c(O)c5-c5cc3ccc5O)[C@H](O)c3ccc(c(O)c3)O4)C3OC(CO)C(O)C(O)C32)OC(C)C1O. The maximum Gasteiger partial charge on any atom is 0.339 e. The van der Waals surface area contributed by atoms with Gasteiger partial charge in [0.2, 0.25) is 35.2 Å². The molecule has 11 bridgehead atoms. The number of Topliss-reactive ketones (excluding diaryl/α,β-unsaturated/α-hetero) is 3. The Morgan fingerprint density at radius 3 is 1.93 bits per heavy atom. The summed E-state index contributed by atoms with van der Waals surface area (Å²) in [7, 11) is -4.75. The summed E-state index contributed by atoms with van der Waals surface area (Å²) in [5, 5.41) is 149. The number of rotatable bonds is 29. The molecule has 656 valence electrons. The topological polar surface area (TPSA) is 527 Å². The Morgan fingerprint density at radius 2 is 1.31 bits per heavy atom. The number of aliphatic hydroxyl groups is 6. The van der Waals surface area contributed by atoms with Crippen molar-refractivity contribution < 1.29 is 133 Å². The monoisotopic (exact) mass is 1690 g/mol. The van der Waals surface area contributed by atoms with Gasteiger partial charge in [-0.3, -0.25) is 33.3 Å². The van der Waals surface area contributed by atoms with Crippen LogP contribution in [0.1, 0.15) is 222 Å². The molecule has 1 aliphatic carbocycles. The van der Waals surface area contributed by atoms with Gasteiger partial charge in [-0.2, -0.15) is 0 Å². The number of hydrogen-bond donors (Lipinski definition) is 19. The van der Waals surface area contributed by atoms with E-state index in [1.54, 1.807) is 13.8 Å². The van der Waals surface area contributed by atoms with Crippen molar-refractivity contribution in [3.05, 3.63) is 106 Å². The number of phenolic OH excluding ortho intramolecular Hbond substituents is 5. The highest BCUT2D eigenvalue weighted by Crippen LogP contribution is 2.61. The van der Waals surface area contributed by atoms with Gasteiger partial charge in [0.25, 0.3) is 0 Å². The number of benzene rings is 5. The molecule has 5 aromatic carbocycles. The lowest BCUT2D eigenvalue weighted by molar-refractivity contribution is -0.309. The van der Waals surface area contributed by atoms with Crippen LogP contribution in [0.4, 0.5) is 0 Å². The quantitative estimate of drug-likeness (QED) is 0.0124. The fraction of sp³-hybridized carbons (Fsp3) is 0.570. The summed E-state index contributed by atoms with van der Waals surface area (Å²) < 4.78 is 52.6. The van der Waals surface area contributed by atoms with Crippen molar-refractivity contribution in [3.8, 4) is 68.6 Å². The molecule has 2 saturated heterocycles. The van der Waals surface area contributed by atoms with E-state index in [0.717, 1.165) is 81.3 Å². The van der Waals surface area contributed by atoms with Crippen LogP contribution in [0.2, 0.25) is 0 Å².